The zero-order valence-corrected chi connectivity index (χ0v) is 50.3. The molecule has 0 spiro atoms. The summed E-state index contributed by atoms with van der Waals surface area (Å²) < 4.78 is 70.4. The average Bonchev–Trinajstić information content (AvgIpc) is 4.16. The molecule has 0 radical (unpaired) electrons. The quantitative estimate of drug-likeness (QED) is 0.0353. The van der Waals surface area contributed by atoms with Crippen LogP contribution in [0.1, 0.15) is 139 Å². The normalized spacial score (nSPS) is 19.1. The van der Waals surface area contributed by atoms with Gasteiger partial charge in [0.25, 0.3) is 31.9 Å². The molecule has 4 fully saturated rings. The number of hydrogen-bond acceptors (Lipinski definition) is 17. The molecular formula is C57H73Cl2N13O8S2. The molecule has 1 aliphatic heterocycles. The molecule has 3 aliphatic carbocycles. The van der Waals surface area contributed by atoms with Crippen molar-refractivity contribution < 1.29 is 35.9 Å². The Morgan fingerprint density at radius 1 is 0.610 bits per heavy atom. The summed E-state index contributed by atoms with van der Waals surface area (Å²) in [6.07, 6.45) is 16.9. The summed E-state index contributed by atoms with van der Waals surface area (Å²) in [5.74, 6) is 1.87. The second kappa shape index (κ2) is 24.8. The van der Waals surface area contributed by atoms with Crippen LogP contribution in [0.25, 0.3) is 11.6 Å². The van der Waals surface area contributed by atoms with E-state index in [0.717, 1.165) is 38.6 Å². The number of ether oxygens (including phenoxy) is 2. The Hall–Kier alpha value is -6.40. The van der Waals surface area contributed by atoms with Gasteiger partial charge < -0.3 is 25.4 Å². The maximum atomic E-state index is 13.0. The van der Waals surface area contributed by atoms with Crippen LogP contribution < -0.4 is 34.9 Å². The SMILES string of the molecule is CC1(C)CCC(CCNc2cccc(S(=O)(=O)NC(=O)c3ccc(-n4ccc(OCCC5(C)CC5)n4)nc3Cl)n2)C1.CC1(CCOc2ccn(-c3ccc(C(=O)NS(=O)(=O)c4cccc(NCCC5CNC(C)(C)C5)n4)c(Cl)n3)n2)CC1. The second-order valence-corrected chi connectivity index (χ2v) is 28.1. The third-order valence-electron chi connectivity index (χ3n) is 15.8. The Morgan fingerprint density at radius 2 is 1.07 bits per heavy atom. The van der Waals surface area contributed by atoms with Gasteiger partial charge in [0.2, 0.25) is 11.8 Å². The number of amides is 2. The van der Waals surface area contributed by atoms with Gasteiger partial charge >= 0.3 is 0 Å². The van der Waals surface area contributed by atoms with Crippen molar-refractivity contribution >= 4 is 66.7 Å². The highest BCUT2D eigenvalue weighted by Gasteiger charge is 2.38. The molecule has 0 bridgehead atoms. The van der Waals surface area contributed by atoms with Crippen molar-refractivity contribution in [3.63, 3.8) is 0 Å². The van der Waals surface area contributed by atoms with E-state index in [2.05, 4.69) is 87.6 Å². The predicted molar refractivity (Wildman–Crippen MR) is 313 cm³/mol. The standard InChI is InChI=1S/C29H37ClN6O4S.C28H36ClN7O4S/c1-28(2)12-9-20(19-28)10-16-31-22-5-4-6-25(32-22)41(38,39)35-27(37)21-7-8-23(33-26(21)30)36-17-11-24(34-36)40-18-15-29(3)13-14-29;1-27(2)17-19(18-31-27)9-14-30-21-5-4-6-24(32-21)41(38,39)35-26(37)20-7-8-22(33-25(20)29)36-15-10-23(34-36)40-16-13-28(3)11-12-28/h4-8,11,17,20H,9-10,12-16,18-19H2,1-3H3,(H,31,32)(H,35,37);4-8,10,15,19,31H,9,11-14,16-18H2,1-3H3,(H,30,32)(H,35,37). The van der Waals surface area contributed by atoms with E-state index in [-0.39, 0.29) is 37.0 Å². The number of rotatable bonds is 24. The van der Waals surface area contributed by atoms with Gasteiger partial charge in [-0.15, -0.1) is 10.2 Å². The molecule has 82 heavy (non-hydrogen) atoms. The van der Waals surface area contributed by atoms with Gasteiger partial charge in [-0.2, -0.15) is 16.8 Å². The maximum Gasteiger partial charge on any atom is 0.281 e. The van der Waals surface area contributed by atoms with Crippen LogP contribution in [0.2, 0.25) is 10.3 Å². The van der Waals surface area contributed by atoms with Gasteiger partial charge in [0.15, 0.2) is 21.7 Å². The fourth-order valence-electron chi connectivity index (χ4n) is 10.1. The topological polar surface area (TPSA) is 268 Å². The van der Waals surface area contributed by atoms with Crippen LogP contribution in [0.4, 0.5) is 11.6 Å². The molecule has 440 valence electrons. The molecule has 7 heterocycles. The van der Waals surface area contributed by atoms with Crippen LogP contribution in [-0.2, 0) is 20.0 Å². The maximum absolute atomic E-state index is 13.0. The lowest BCUT2D eigenvalue weighted by molar-refractivity contribution is 0.0972. The van der Waals surface area contributed by atoms with Crippen LogP contribution in [0.3, 0.4) is 0 Å². The minimum absolute atomic E-state index is 0.0888. The monoisotopic (exact) mass is 1200 g/mol. The number of hydrogen-bond donors (Lipinski definition) is 5. The highest BCUT2D eigenvalue weighted by molar-refractivity contribution is 7.90. The fraction of sp³-hybridized carbons (Fsp3) is 0.509. The van der Waals surface area contributed by atoms with Crippen molar-refractivity contribution in [2.45, 2.75) is 134 Å². The lowest BCUT2D eigenvalue weighted by Gasteiger charge is -2.17. The lowest BCUT2D eigenvalue weighted by atomic mass is 9.90. The van der Waals surface area contributed by atoms with E-state index in [4.69, 9.17) is 32.7 Å². The Morgan fingerprint density at radius 3 is 1.48 bits per heavy atom. The van der Waals surface area contributed by atoms with Crippen LogP contribution in [0.5, 0.6) is 11.8 Å². The molecule has 5 N–H and O–H groups in total. The third kappa shape index (κ3) is 16.4. The van der Waals surface area contributed by atoms with Gasteiger partial charge in [0, 0.05) is 43.2 Å². The van der Waals surface area contributed by atoms with Crippen molar-refractivity contribution in [1.82, 2.24) is 54.3 Å². The van der Waals surface area contributed by atoms with Crippen molar-refractivity contribution in [1.29, 1.82) is 0 Å². The van der Waals surface area contributed by atoms with Crippen LogP contribution in [0, 0.1) is 28.1 Å². The highest BCUT2D eigenvalue weighted by atomic mass is 35.5. The van der Waals surface area contributed by atoms with Gasteiger partial charge in [0.1, 0.15) is 21.9 Å². The third-order valence-corrected chi connectivity index (χ3v) is 18.8. The van der Waals surface area contributed by atoms with Crippen molar-refractivity contribution in [2.75, 3.05) is 43.5 Å². The van der Waals surface area contributed by atoms with Gasteiger partial charge in [-0.1, -0.05) is 63.0 Å². The number of carbonyl (C=O) groups is 2. The fourth-order valence-corrected chi connectivity index (χ4v) is 12.4. The van der Waals surface area contributed by atoms with Crippen LogP contribution in [0.15, 0.2) is 95.2 Å². The molecule has 6 aromatic heterocycles. The molecule has 2 amide bonds. The van der Waals surface area contributed by atoms with Crippen LogP contribution in [-0.4, -0.2) is 107 Å². The molecule has 3 saturated carbocycles. The summed E-state index contributed by atoms with van der Waals surface area (Å²) in [4.78, 5) is 42.6. The lowest BCUT2D eigenvalue weighted by Crippen LogP contribution is -2.31. The van der Waals surface area contributed by atoms with E-state index < -0.39 is 31.9 Å². The van der Waals surface area contributed by atoms with E-state index >= 15 is 0 Å². The molecule has 25 heteroatoms. The zero-order valence-electron chi connectivity index (χ0n) is 47.2. The highest BCUT2D eigenvalue weighted by Crippen LogP contribution is 2.48. The molecule has 4 aliphatic rings. The molecule has 2 atom stereocenters. The number of nitrogens with zero attached hydrogens (tertiary/aromatic N) is 8. The summed E-state index contributed by atoms with van der Waals surface area (Å²) >= 11 is 12.6. The molecule has 2 unspecified atom stereocenters. The van der Waals surface area contributed by atoms with Crippen LogP contribution >= 0.6 is 23.2 Å². The molecule has 0 aromatic carbocycles. The Labute approximate surface area is 490 Å². The number of aromatic nitrogens is 8. The number of nitrogens with one attached hydrogen (secondary N) is 5. The molecular weight excluding hydrogens is 1130 g/mol. The summed E-state index contributed by atoms with van der Waals surface area (Å²) in [5.41, 5.74) is 1.13. The van der Waals surface area contributed by atoms with E-state index in [1.165, 1.54) is 90.7 Å². The second-order valence-electron chi connectivity index (χ2n) is 24.2. The number of anilines is 2. The number of halogens is 2. The minimum atomic E-state index is -4.26. The van der Waals surface area contributed by atoms with Crippen molar-refractivity contribution in [3.8, 4) is 23.4 Å². The summed E-state index contributed by atoms with van der Waals surface area (Å²) in [6, 6.07) is 18.5. The number of pyridine rings is 4. The zero-order chi connectivity index (χ0) is 58.5. The van der Waals surface area contributed by atoms with E-state index in [1.54, 1.807) is 48.8 Å². The number of sulfonamides is 2. The largest absolute Gasteiger partial charge is 0.477 e. The first kappa shape index (κ1) is 60.2. The van der Waals surface area contributed by atoms with E-state index in [9.17, 15) is 26.4 Å². The first-order valence-corrected chi connectivity index (χ1v) is 31.6. The molecule has 21 nitrogen and oxygen atoms in total. The van der Waals surface area contributed by atoms with Gasteiger partial charge in [-0.3, -0.25) is 9.59 Å². The molecule has 1 saturated heterocycles. The number of carbonyl (C=O) groups excluding carboxylic acids is 2. The Bertz CT molecular complexity index is 3270. The molecule has 6 aromatic rings. The smallest absolute Gasteiger partial charge is 0.281 e. The van der Waals surface area contributed by atoms with Gasteiger partial charge in [-0.05, 0) is 174 Å². The van der Waals surface area contributed by atoms with Gasteiger partial charge in [0.05, 0.1) is 24.3 Å². The summed E-state index contributed by atoms with van der Waals surface area (Å²) in [5, 5.41) is 17.7. The van der Waals surface area contributed by atoms with Crippen molar-refractivity contribution in [2.24, 2.45) is 28.1 Å². The average molecular weight is 1200 g/mol. The van der Waals surface area contributed by atoms with E-state index in [1.807, 2.05) is 9.44 Å². The van der Waals surface area contributed by atoms with Crippen molar-refractivity contribution in [3.05, 3.63) is 107 Å². The van der Waals surface area contributed by atoms with E-state index in [0.29, 0.717) is 89.4 Å². The van der Waals surface area contributed by atoms with Gasteiger partial charge in [-0.25, -0.2) is 38.7 Å². The summed E-state index contributed by atoms with van der Waals surface area (Å²) in [7, 11) is -8.51. The predicted octanol–water partition coefficient (Wildman–Crippen LogP) is 9.83. The Kier molecular flexibility index (Phi) is 18.2. The first-order valence-electron chi connectivity index (χ1n) is 27.9. The minimum Gasteiger partial charge on any atom is -0.477 e. The first-order chi connectivity index (χ1) is 38.8. The molecule has 10 rings (SSSR count). The summed E-state index contributed by atoms with van der Waals surface area (Å²) in [6.45, 7) is 16.9. The Balaban J connectivity index is 0.000000198.